The summed E-state index contributed by atoms with van der Waals surface area (Å²) in [5.74, 6) is 0.671. The first kappa shape index (κ1) is 26.5. The van der Waals surface area contributed by atoms with Gasteiger partial charge in [0.1, 0.15) is 0 Å². The molecule has 0 amide bonds. The second-order valence-corrected chi connectivity index (χ2v) is 12.9. The van der Waals surface area contributed by atoms with E-state index in [4.69, 9.17) is 9.97 Å². The van der Waals surface area contributed by atoms with E-state index in [9.17, 15) is 0 Å². The van der Waals surface area contributed by atoms with Gasteiger partial charge < -0.3 is 0 Å². The minimum atomic E-state index is 0.671. The minimum absolute atomic E-state index is 0.671. The average molecular weight is 622 g/mol. The highest BCUT2D eigenvalue weighted by Crippen LogP contribution is 2.49. The lowest BCUT2D eigenvalue weighted by atomic mass is 9.93. The van der Waals surface area contributed by atoms with Crippen LogP contribution < -0.4 is 0 Å². The molecule has 0 spiro atoms. The second kappa shape index (κ2) is 9.96. The molecule has 0 saturated heterocycles. The Labute approximate surface area is 282 Å². The van der Waals surface area contributed by atoms with Crippen molar-refractivity contribution in [3.8, 4) is 50.6 Å². The van der Waals surface area contributed by atoms with E-state index >= 15 is 0 Å². The monoisotopic (exact) mass is 621 g/mol. The van der Waals surface area contributed by atoms with Crippen LogP contribution in [0.3, 0.4) is 0 Å². The largest absolute Gasteiger partial charge is 0.278 e. The maximum Gasteiger partial charge on any atom is 0.235 e. The van der Waals surface area contributed by atoms with Gasteiger partial charge in [0, 0.05) is 21.7 Å². The number of nitrogens with zero attached hydrogens (tertiary/aromatic N) is 3. The van der Waals surface area contributed by atoms with Crippen LogP contribution in [0.4, 0.5) is 0 Å². The Balaban J connectivity index is 1.24. The van der Waals surface area contributed by atoms with Crippen LogP contribution >= 0.6 is 0 Å². The van der Waals surface area contributed by atoms with E-state index in [-0.39, 0.29) is 0 Å². The van der Waals surface area contributed by atoms with Crippen molar-refractivity contribution in [2.75, 3.05) is 0 Å². The van der Waals surface area contributed by atoms with Crippen molar-refractivity contribution < 1.29 is 0 Å². The molecule has 0 aliphatic heterocycles. The van der Waals surface area contributed by atoms with Crippen LogP contribution in [-0.4, -0.2) is 14.5 Å². The molecule has 3 heteroatoms. The molecule has 2 aromatic heterocycles. The Morgan fingerprint density at radius 2 is 0.939 bits per heavy atom. The number of hydrogen-bond acceptors (Lipinski definition) is 2. The van der Waals surface area contributed by atoms with E-state index in [1.165, 1.54) is 65.7 Å². The van der Waals surface area contributed by atoms with E-state index in [0.29, 0.717) is 5.95 Å². The summed E-state index contributed by atoms with van der Waals surface area (Å²) in [5.41, 5.74) is 12.5. The van der Waals surface area contributed by atoms with Crippen LogP contribution in [0.15, 0.2) is 164 Å². The Hall–Kier alpha value is -6.58. The van der Waals surface area contributed by atoms with Gasteiger partial charge in [0.05, 0.1) is 22.2 Å². The lowest BCUT2D eigenvalue weighted by molar-refractivity contribution is 1.01. The van der Waals surface area contributed by atoms with Crippen LogP contribution in [-0.2, 0) is 0 Å². The molecule has 0 radical (unpaired) electrons. The highest BCUT2D eigenvalue weighted by atomic mass is 15.2. The molecule has 0 fully saturated rings. The molecule has 1 aliphatic rings. The third kappa shape index (κ3) is 3.73. The molecule has 0 N–H and O–H groups in total. The number of para-hydroxylation sites is 1. The average Bonchev–Trinajstić information content (AvgIpc) is 3.45. The fourth-order valence-corrected chi connectivity index (χ4v) is 8.25. The van der Waals surface area contributed by atoms with Gasteiger partial charge in [-0.15, -0.1) is 0 Å². The van der Waals surface area contributed by atoms with Crippen LogP contribution in [0.5, 0.6) is 0 Å². The molecule has 11 rings (SSSR count). The van der Waals surface area contributed by atoms with Gasteiger partial charge in [0.15, 0.2) is 0 Å². The predicted octanol–water partition coefficient (Wildman–Crippen LogP) is 12.0. The molecule has 10 aromatic rings. The summed E-state index contributed by atoms with van der Waals surface area (Å²) in [4.78, 5) is 10.8. The minimum Gasteiger partial charge on any atom is -0.278 e. The van der Waals surface area contributed by atoms with Crippen LogP contribution in [0.2, 0.25) is 0 Å². The Kier molecular flexibility index (Phi) is 5.38. The maximum absolute atomic E-state index is 5.49. The van der Waals surface area contributed by atoms with Gasteiger partial charge in [0.2, 0.25) is 5.95 Å². The van der Waals surface area contributed by atoms with E-state index < -0.39 is 0 Å². The van der Waals surface area contributed by atoms with E-state index in [1.807, 2.05) is 0 Å². The number of hydrogen-bond donors (Lipinski definition) is 0. The topological polar surface area (TPSA) is 30.7 Å². The van der Waals surface area contributed by atoms with Gasteiger partial charge in [-0.25, -0.2) is 9.97 Å². The van der Waals surface area contributed by atoms with Crippen LogP contribution in [0, 0.1) is 0 Å². The molecule has 0 unspecified atom stereocenters. The maximum atomic E-state index is 5.49. The summed E-state index contributed by atoms with van der Waals surface area (Å²) >= 11 is 0. The number of benzene rings is 8. The molecule has 0 bridgehead atoms. The third-order valence-electron chi connectivity index (χ3n) is 10.3. The SMILES string of the molecule is c1ccc(-c2cc(-c3nc(-n4c5cccc6c5c5c(cccc54)-c4cccc5cccc-6c45)nc4ccccc34)cc3ccccc23)cc1. The Morgan fingerprint density at radius 1 is 0.367 bits per heavy atom. The fraction of sp³-hybridized carbons (Fsp3) is 0. The molecular weight excluding hydrogens is 595 g/mol. The summed E-state index contributed by atoms with van der Waals surface area (Å²) < 4.78 is 2.28. The molecule has 0 saturated carbocycles. The van der Waals surface area contributed by atoms with Crippen LogP contribution in [0.1, 0.15) is 0 Å². The van der Waals surface area contributed by atoms with Gasteiger partial charge >= 0.3 is 0 Å². The molecular formula is C46H27N3. The third-order valence-corrected chi connectivity index (χ3v) is 10.3. The Bertz CT molecular complexity index is 2890. The zero-order valence-electron chi connectivity index (χ0n) is 26.4. The van der Waals surface area contributed by atoms with Crippen molar-refractivity contribution >= 4 is 54.3 Å². The molecule has 0 atom stereocenters. The van der Waals surface area contributed by atoms with Gasteiger partial charge in [-0.2, -0.15) is 0 Å². The van der Waals surface area contributed by atoms with Crippen LogP contribution in [0.25, 0.3) is 105 Å². The number of rotatable bonds is 3. The molecule has 1 aliphatic carbocycles. The van der Waals surface area contributed by atoms with E-state index in [2.05, 4.69) is 168 Å². The first-order valence-electron chi connectivity index (χ1n) is 16.8. The summed E-state index contributed by atoms with van der Waals surface area (Å²) in [6.45, 7) is 0. The molecule has 2 heterocycles. The number of aromatic nitrogens is 3. The van der Waals surface area contributed by atoms with Crippen molar-refractivity contribution in [1.29, 1.82) is 0 Å². The fourth-order valence-electron chi connectivity index (χ4n) is 8.25. The smallest absolute Gasteiger partial charge is 0.235 e. The summed E-state index contributed by atoms with van der Waals surface area (Å²) in [6.07, 6.45) is 0. The molecule has 3 nitrogen and oxygen atoms in total. The normalized spacial score (nSPS) is 12.1. The van der Waals surface area contributed by atoms with Crippen molar-refractivity contribution in [3.63, 3.8) is 0 Å². The zero-order chi connectivity index (χ0) is 32.1. The van der Waals surface area contributed by atoms with Crippen molar-refractivity contribution in [2.24, 2.45) is 0 Å². The lowest BCUT2D eigenvalue weighted by Gasteiger charge is -2.15. The summed E-state index contributed by atoms with van der Waals surface area (Å²) in [6, 6.07) is 58.9. The highest BCUT2D eigenvalue weighted by molar-refractivity contribution is 6.27. The van der Waals surface area contributed by atoms with Gasteiger partial charge in [0.25, 0.3) is 0 Å². The highest BCUT2D eigenvalue weighted by Gasteiger charge is 2.25. The molecule has 226 valence electrons. The van der Waals surface area contributed by atoms with Crippen molar-refractivity contribution in [1.82, 2.24) is 14.5 Å². The van der Waals surface area contributed by atoms with Gasteiger partial charge in [-0.05, 0) is 85.3 Å². The Morgan fingerprint density at radius 3 is 1.65 bits per heavy atom. The molecule has 49 heavy (non-hydrogen) atoms. The van der Waals surface area contributed by atoms with Crippen molar-refractivity contribution in [2.45, 2.75) is 0 Å². The van der Waals surface area contributed by atoms with E-state index in [1.54, 1.807) is 0 Å². The second-order valence-electron chi connectivity index (χ2n) is 12.9. The summed E-state index contributed by atoms with van der Waals surface area (Å²) in [7, 11) is 0. The van der Waals surface area contributed by atoms with Crippen molar-refractivity contribution in [3.05, 3.63) is 164 Å². The first-order chi connectivity index (χ1) is 24.3. The lowest BCUT2D eigenvalue weighted by Crippen LogP contribution is -2.03. The quantitative estimate of drug-likeness (QED) is 0.196. The zero-order valence-corrected chi connectivity index (χ0v) is 26.4. The first-order valence-corrected chi connectivity index (χ1v) is 16.8. The van der Waals surface area contributed by atoms with Gasteiger partial charge in [-0.1, -0.05) is 133 Å². The van der Waals surface area contributed by atoms with Gasteiger partial charge in [-0.3, -0.25) is 4.57 Å². The predicted molar refractivity (Wildman–Crippen MR) is 204 cm³/mol. The number of fused-ring (bicyclic) bond motifs is 4. The summed E-state index contributed by atoms with van der Waals surface area (Å²) in [5, 5.41) is 8.49. The van der Waals surface area contributed by atoms with E-state index in [0.717, 1.165) is 33.2 Å². The standard InChI is InChI=1S/C46H27N3/c1-2-12-28(13-3-1)38-27-31(26-30-14-4-5-17-32(30)38)45-37-18-6-7-23-39(37)47-46(48-45)49-40-24-10-21-35-33-19-8-15-29-16-9-20-34(42(29)33)36-22-11-25-41(49)44(36)43(35)40/h1-27H. The molecule has 8 aromatic carbocycles.